The van der Waals surface area contributed by atoms with E-state index < -0.39 is 5.60 Å². The number of ether oxygens (including phenoxy) is 2. The first-order chi connectivity index (χ1) is 12.0. The molecule has 1 aliphatic carbocycles. The van der Waals surface area contributed by atoms with Crippen molar-refractivity contribution in [3.05, 3.63) is 59.4 Å². The normalized spacial score (nSPS) is 23.7. The van der Waals surface area contributed by atoms with Crippen molar-refractivity contribution in [3.63, 3.8) is 0 Å². The van der Waals surface area contributed by atoms with E-state index in [-0.39, 0.29) is 5.97 Å². The largest absolute Gasteiger partial charge is 0.501 e. The highest BCUT2D eigenvalue weighted by atomic mass is 16.6. The first-order valence-electron chi connectivity index (χ1n) is 9.24. The van der Waals surface area contributed by atoms with Crippen molar-refractivity contribution < 1.29 is 14.3 Å². The zero-order valence-corrected chi connectivity index (χ0v) is 15.5. The van der Waals surface area contributed by atoms with E-state index in [1.165, 1.54) is 17.2 Å². The number of carbonyl (C=O) groups excluding carboxylic acids is 1. The van der Waals surface area contributed by atoms with Gasteiger partial charge in [-0.25, -0.2) is 4.79 Å². The number of hydrogen-bond donors (Lipinski definition) is 0. The van der Waals surface area contributed by atoms with Crippen molar-refractivity contribution in [1.82, 2.24) is 0 Å². The molecule has 0 radical (unpaired) electrons. The number of rotatable bonds is 6. The lowest BCUT2D eigenvalue weighted by atomic mass is 9.77. The molecule has 3 heteroatoms. The lowest BCUT2D eigenvalue weighted by Gasteiger charge is -2.41. The second kappa shape index (κ2) is 7.47. The Hall–Kier alpha value is -2.03. The van der Waals surface area contributed by atoms with Crippen molar-refractivity contribution in [3.8, 4) is 0 Å². The minimum absolute atomic E-state index is 0.272. The molecule has 1 aromatic rings. The second-order valence-electron chi connectivity index (χ2n) is 7.52. The van der Waals surface area contributed by atoms with Gasteiger partial charge in [-0.3, -0.25) is 0 Å². The highest BCUT2D eigenvalue weighted by Gasteiger charge is 2.45. The minimum Gasteiger partial charge on any atom is -0.501 e. The van der Waals surface area contributed by atoms with E-state index in [4.69, 9.17) is 9.47 Å². The summed E-state index contributed by atoms with van der Waals surface area (Å²) in [7, 11) is 1.63. The average molecular weight is 340 g/mol. The molecule has 0 N–H and O–H groups in total. The molecule has 1 aromatic carbocycles. The van der Waals surface area contributed by atoms with Gasteiger partial charge in [0.1, 0.15) is 11.4 Å². The highest BCUT2D eigenvalue weighted by Crippen LogP contribution is 2.43. The number of cyclic esters (lactones) is 1. The molecule has 0 amide bonds. The summed E-state index contributed by atoms with van der Waals surface area (Å²) in [6.07, 6.45) is 10.2. The van der Waals surface area contributed by atoms with Gasteiger partial charge in [0.2, 0.25) is 0 Å². The third-order valence-electron chi connectivity index (χ3n) is 5.52. The number of methoxy groups -OCH3 is 1. The monoisotopic (exact) mass is 340 g/mol. The maximum Gasteiger partial charge on any atom is 0.334 e. The number of allylic oxidation sites excluding steroid dienone is 2. The molecule has 0 bridgehead atoms. The summed E-state index contributed by atoms with van der Waals surface area (Å²) in [5.41, 5.74) is 2.20. The third kappa shape index (κ3) is 3.97. The van der Waals surface area contributed by atoms with Crippen molar-refractivity contribution in [2.75, 3.05) is 7.11 Å². The number of benzene rings is 1. The van der Waals surface area contributed by atoms with Crippen molar-refractivity contribution in [1.29, 1.82) is 0 Å². The Morgan fingerprint density at radius 3 is 2.72 bits per heavy atom. The van der Waals surface area contributed by atoms with E-state index >= 15 is 0 Å². The quantitative estimate of drug-likeness (QED) is 0.544. The van der Waals surface area contributed by atoms with Crippen LogP contribution in [0.1, 0.15) is 56.6 Å². The van der Waals surface area contributed by atoms with Crippen LogP contribution in [0, 0.1) is 5.92 Å². The lowest BCUT2D eigenvalue weighted by Crippen LogP contribution is -2.45. The fourth-order valence-corrected chi connectivity index (χ4v) is 3.96. The van der Waals surface area contributed by atoms with Crippen molar-refractivity contribution in [2.24, 2.45) is 5.92 Å². The molecular weight excluding hydrogens is 312 g/mol. The van der Waals surface area contributed by atoms with Gasteiger partial charge in [-0.05, 0) is 42.7 Å². The Labute approximate surface area is 150 Å². The molecule has 0 aromatic heterocycles. The summed E-state index contributed by atoms with van der Waals surface area (Å²) in [6, 6.07) is 8.76. The molecule has 2 aliphatic rings. The lowest BCUT2D eigenvalue weighted by molar-refractivity contribution is -0.165. The van der Waals surface area contributed by atoms with Gasteiger partial charge < -0.3 is 9.47 Å². The maximum absolute atomic E-state index is 12.2. The Kier molecular flexibility index (Phi) is 5.31. The first-order valence-corrected chi connectivity index (χ1v) is 9.24. The van der Waals surface area contributed by atoms with E-state index in [2.05, 4.69) is 50.3 Å². The van der Waals surface area contributed by atoms with Gasteiger partial charge in [0.25, 0.3) is 0 Å². The van der Waals surface area contributed by atoms with Crippen LogP contribution in [0.2, 0.25) is 0 Å². The molecule has 0 fully saturated rings. The van der Waals surface area contributed by atoms with Crippen LogP contribution in [0.15, 0.2) is 48.3 Å². The van der Waals surface area contributed by atoms with E-state index in [9.17, 15) is 4.79 Å². The van der Waals surface area contributed by atoms with Crippen LogP contribution in [-0.4, -0.2) is 18.7 Å². The van der Waals surface area contributed by atoms with Crippen LogP contribution in [0.4, 0.5) is 0 Å². The SMILES string of the molecule is COC1=CC(=O)OC(CCc2cccc(C(C)C)c2)(C2CC=CC2)C1. The second-order valence-corrected chi connectivity index (χ2v) is 7.52. The number of hydrogen-bond acceptors (Lipinski definition) is 3. The Balaban J connectivity index is 1.80. The van der Waals surface area contributed by atoms with Crippen molar-refractivity contribution in [2.45, 2.75) is 57.5 Å². The zero-order chi connectivity index (χ0) is 17.9. The number of carbonyl (C=O) groups is 1. The summed E-state index contributed by atoms with van der Waals surface area (Å²) >= 11 is 0. The van der Waals surface area contributed by atoms with Gasteiger partial charge in [0.05, 0.1) is 13.2 Å². The number of esters is 1. The van der Waals surface area contributed by atoms with Crippen LogP contribution >= 0.6 is 0 Å². The van der Waals surface area contributed by atoms with Gasteiger partial charge in [0, 0.05) is 12.3 Å². The highest BCUT2D eigenvalue weighted by molar-refractivity contribution is 5.84. The molecule has 3 nitrogen and oxygen atoms in total. The van der Waals surface area contributed by atoms with Crippen LogP contribution in [0.5, 0.6) is 0 Å². The van der Waals surface area contributed by atoms with Crippen LogP contribution in [-0.2, 0) is 20.7 Å². The fraction of sp³-hybridized carbons (Fsp3) is 0.500. The predicted molar refractivity (Wildman–Crippen MR) is 99.2 cm³/mol. The molecule has 0 saturated heterocycles. The molecule has 0 saturated carbocycles. The Morgan fingerprint density at radius 2 is 2.04 bits per heavy atom. The zero-order valence-electron chi connectivity index (χ0n) is 15.5. The van der Waals surface area contributed by atoms with Crippen LogP contribution in [0.25, 0.3) is 0 Å². The molecule has 25 heavy (non-hydrogen) atoms. The molecule has 0 spiro atoms. The topological polar surface area (TPSA) is 35.5 Å². The first kappa shape index (κ1) is 17.8. The van der Waals surface area contributed by atoms with E-state index in [0.717, 1.165) is 31.4 Å². The third-order valence-corrected chi connectivity index (χ3v) is 5.52. The molecule has 1 aliphatic heterocycles. The molecule has 1 atom stereocenters. The summed E-state index contributed by atoms with van der Waals surface area (Å²) in [4.78, 5) is 12.2. The van der Waals surface area contributed by atoms with Gasteiger partial charge in [-0.2, -0.15) is 0 Å². The van der Waals surface area contributed by atoms with Crippen molar-refractivity contribution >= 4 is 5.97 Å². The fourth-order valence-electron chi connectivity index (χ4n) is 3.96. The molecule has 3 rings (SSSR count). The molecule has 134 valence electrons. The summed E-state index contributed by atoms with van der Waals surface area (Å²) in [6.45, 7) is 4.42. The summed E-state index contributed by atoms with van der Waals surface area (Å²) in [5.74, 6) is 1.32. The minimum atomic E-state index is -0.464. The van der Waals surface area contributed by atoms with E-state index in [1.54, 1.807) is 7.11 Å². The maximum atomic E-state index is 12.2. The average Bonchev–Trinajstić information content (AvgIpc) is 3.15. The molecular formula is C22H28O3. The van der Waals surface area contributed by atoms with E-state index in [0.29, 0.717) is 18.3 Å². The van der Waals surface area contributed by atoms with Gasteiger partial charge in [-0.15, -0.1) is 0 Å². The Morgan fingerprint density at radius 1 is 1.28 bits per heavy atom. The van der Waals surface area contributed by atoms with Gasteiger partial charge >= 0.3 is 5.97 Å². The van der Waals surface area contributed by atoms with Gasteiger partial charge in [-0.1, -0.05) is 50.3 Å². The summed E-state index contributed by atoms with van der Waals surface area (Å²) in [5, 5.41) is 0. The smallest absolute Gasteiger partial charge is 0.334 e. The Bertz CT molecular complexity index is 678. The number of aryl methyl sites for hydroxylation is 1. The summed E-state index contributed by atoms with van der Waals surface area (Å²) < 4.78 is 11.4. The standard InChI is InChI=1S/C22H28O3/c1-16(2)18-8-6-7-17(13-18)11-12-22(19-9-4-5-10-19)15-20(24-3)14-21(23)25-22/h4-8,13-14,16,19H,9-12,15H2,1-3H3. The molecule has 1 unspecified atom stereocenters. The van der Waals surface area contributed by atoms with E-state index in [1.807, 2.05) is 0 Å². The molecule has 1 heterocycles. The van der Waals surface area contributed by atoms with Crippen LogP contribution < -0.4 is 0 Å². The predicted octanol–water partition coefficient (Wildman–Crippen LogP) is 4.92. The van der Waals surface area contributed by atoms with Crippen LogP contribution in [0.3, 0.4) is 0 Å². The van der Waals surface area contributed by atoms with Gasteiger partial charge in [0.15, 0.2) is 0 Å².